The third-order valence-corrected chi connectivity index (χ3v) is 6.40. The number of para-hydroxylation sites is 2. The number of aryl methyl sites for hydroxylation is 1. The molecule has 0 saturated heterocycles. The van der Waals surface area contributed by atoms with Gasteiger partial charge in [0.05, 0.1) is 5.52 Å². The van der Waals surface area contributed by atoms with Crippen LogP contribution >= 0.6 is 0 Å². The minimum atomic E-state index is -0.541. The summed E-state index contributed by atoms with van der Waals surface area (Å²) in [5, 5.41) is 5.02. The average Bonchev–Trinajstić information content (AvgIpc) is 2.92. The number of amides is 2. The lowest BCUT2D eigenvalue weighted by molar-refractivity contribution is -0.133. The molecular weight excluding hydrogens is 464 g/mol. The summed E-state index contributed by atoms with van der Waals surface area (Å²) in [4.78, 5) is 29.8. The van der Waals surface area contributed by atoms with Crippen molar-refractivity contribution in [3.63, 3.8) is 0 Å². The fourth-order valence-electron chi connectivity index (χ4n) is 4.38. The highest BCUT2D eigenvalue weighted by Gasteiger charge is 2.20. The SMILES string of the molecule is Cc1nc2ccccc2c(-c2ccccc2)c1CCC(=O)N(N)C(C)CCNC(=O)Oc1ccccc1. The number of aromatic nitrogens is 1. The molecule has 1 atom stereocenters. The fourth-order valence-corrected chi connectivity index (χ4v) is 4.38. The number of pyridine rings is 1. The van der Waals surface area contributed by atoms with Crippen molar-refractivity contribution < 1.29 is 14.3 Å². The van der Waals surface area contributed by atoms with E-state index in [1.165, 1.54) is 5.01 Å². The van der Waals surface area contributed by atoms with Crippen LogP contribution in [0.1, 0.15) is 31.0 Å². The van der Waals surface area contributed by atoms with Gasteiger partial charge in [-0.05, 0) is 61.6 Å². The highest BCUT2D eigenvalue weighted by molar-refractivity contribution is 5.96. The maximum absolute atomic E-state index is 13.0. The maximum atomic E-state index is 13.0. The van der Waals surface area contributed by atoms with Gasteiger partial charge in [0.2, 0.25) is 5.91 Å². The Morgan fingerprint density at radius 3 is 2.35 bits per heavy atom. The van der Waals surface area contributed by atoms with Crippen molar-refractivity contribution in [2.45, 2.75) is 39.2 Å². The molecule has 1 unspecified atom stereocenters. The zero-order chi connectivity index (χ0) is 26.2. The van der Waals surface area contributed by atoms with Gasteiger partial charge in [0, 0.05) is 30.1 Å². The van der Waals surface area contributed by atoms with E-state index in [0.29, 0.717) is 25.1 Å². The van der Waals surface area contributed by atoms with Crippen LogP contribution in [0.4, 0.5) is 4.79 Å². The molecule has 3 aromatic carbocycles. The predicted molar refractivity (Wildman–Crippen MR) is 146 cm³/mol. The van der Waals surface area contributed by atoms with E-state index in [1.807, 2.05) is 56.3 Å². The van der Waals surface area contributed by atoms with Crippen molar-refractivity contribution in [3.8, 4) is 16.9 Å². The number of carbonyl (C=O) groups excluding carboxylic acids is 2. The number of ether oxygens (including phenoxy) is 1. The Balaban J connectivity index is 1.38. The number of benzene rings is 3. The summed E-state index contributed by atoms with van der Waals surface area (Å²) in [6.07, 6.45) is 0.735. The lowest BCUT2D eigenvalue weighted by atomic mass is 9.92. The molecule has 0 saturated carbocycles. The molecule has 0 radical (unpaired) electrons. The highest BCUT2D eigenvalue weighted by Crippen LogP contribution is 2.33. The predicted octanol–water partition coefficient (Wildman–Crippen LogP) is 5.41. The molecule has 0 aliphatic rings. The number of hydrazine groups is 1. The summed E-state index contributed by atoms with van der Waals surface area (Å²) >= 11 is 0. The van der Waals surface area contributed by atoms with E-state index in [2.05, 4.69) is 23.5 Å². The van der Waals surface area contributed by atoms with E-state index in [9.17, 15) is 9.59 Å². The number of fused-ring (bicyclic) bond motifs is 1. The van der Waals surface area contributed by atoms with E-state index >= 15 is 0 Å². The number of hydrogen-bond acceptors (Lipinski definition) is 5. The average molecular weight is 497 g/mol. The van der Waals surface area contributed by atoms with Gasteiger partial charge in [-0.1, -0.05) is 66.7 Å². The summed E-state index contributed by atoms with van der Waals surface area (Å²) in [5.41, 5.74) is 5.08. The standard InChI is InChI=1S/C30H32N4O3/c1-21(19-20-32-30(36)37-24-13-7-4-8-14-24)34(31)28(35)18-17-25-22(2)33-27-16-10-9-15-26(27)29(25)23-11-5-3-6-12-23/h3-16,21H,17-20,31H2,1-2H3,(H,32,36). The molecule has 0 fully saturated rings. The lowest BCUT2D eigenvalue weighted by Gasteiger charge is -2.25. The topological polar surface area (TPSA) is 97.5 Å². The Kier molecular flexibility index (Phi) is 8.48. The van der Waals surface area contributed by atoms with Gasteiger partial charge in [-0.3, -0.25) is 14.8 Å². The Hall–Kier alpha value is -4.23. The van der Waals surface area contributed by atoms with Crippen LogP contribution in [0.15, 0.2) is 84.9 Å². The smallest absolute Gasteiger partial charge is 0.410 e. The monoisotopic (exact) mass is 496 g/mol. The minimum absolute atomic E-state index is 0.161. The van der Waals surface area contributed by atoms with E-state index in [-0.39, 0.29) is 18.4 Å². The van der Waals surface area contributed by atoms with Gasteiger partial charge in [0.15, 0.2) is 0 Å². The van der Waals surface area contributed by atoms with Gasteiger partial charge in [-0.15, -0.1) is 0 Å². The Labute approximate surface area is 217 Å². The van der Waals surface area contributed by atoms with Crippen LogP contribution < -0.4 is 15.9 Å². The van der Waals surface area contributed by atoms with Gasteiger partial charge < -0.3 is 10.1 Å². The molecule has 4 aromatic rings. The molecule has 3 N–H and O–H groups in total. The second-order valence-electron chi connectivity index (χ2n) is 9.00. The Bertz CT molecular complexity index is 1360. The first kappa shape index (κ1) is 25.9. The Morgan fingerprint density at radius 2 is 1.62 bits per heavy atom. The van der Waals surface area contributed by atoms with Crippen LogP contribution in [0.5, 0.6) is 5.75 Å². The first-order chi connectivity index (χ1) is 17.9. The second kappa shape index (κ2) is 12.1. The maximum Gasteiger partial charge on any atom is 0.412 e. The Morgan fingerprint density at radius 1 is 0.973 bits per heavy atom. The van der Waals surface area contributed by atoms with Gasteiger partial charge >= 0.3 is 6.09 Å². The summed E-state index contributed by atoms with van der Waals surface area (Å²) < 4.78 is 5.21. The molecule has 1 heterocycles. The summed E-state index contributed by atoms with van der Waals surface area (Å²) in [6.45, 7) is 4.18. The second-order valence-corrected chi connectivity index (χ2v) is 9.00. The van der Waals surface area contributed by atoms with Gasteiger partial charge in [0.1, 0.15) is 5.75 Å². The first-order valence-corrected chi connectivity index (χ1v) is 12.4. The van der Waals surface area contributed by atoms with Crippen molar-refractivity contribution in [2.24, 2.45) is 5.84 Å². The third-order valence-electron chi connectivity index (χ3n) is 6.40. The van der Waals surface area contributed by atoms with Crippen LogP contribution in [0.2, 0.25) is 0 Å². The summed E-state index contributed by atoms with van der Waals surface area (Å²) in [7, 11) is 0. The zero-order valence-electron chi connectivity index (χ0n) is 21.2. The van der Waals surface area contributed by atoms with Crippen LogP contribution in [0.3, 0.4) is 0 Å². The third kappa shape index (κ3) is 6.51. The van der Waals surface area contributed by atoms with Crippen LogP contribution in [-0.4, -0.2) is 34.6 Å². The van der Waals surface area contributed by atoms with Crippen molar-refractivity contribution >= 4 is 22.9 Å². The van der Waals surface area contributed by atoms with E-state index < -0.39 is 6.09 Å². The molecule has 7 nitrogen and oxygen atoms in total. The minimum Gasteiger partial charge on any atom is -0.410 e. The molecule has 0 bridgehead atoms. The quantitative estimate of drug-likeness (QED) is 0.183. The van der Waals surface area contributed by atoms with E-state index in [0.717, 1.165) is 33.3 Å². The number of carbonyl (C=O) groups is 2. The first-order valence-electron chi connectivity index (χ1n) is 12.4. The normalized spacial score (nSPS) is 11.6. The number of nitrogens with one attached hydrogen (secondary N) is 1. The van der Waals surface area contributed by atoms with Crippen molar-refractivity contribution in [3.05, 3.63) is 96.2 Å². The van der Waals surface area contributed by atoms with Crippen LogP contribution in [0.25, 0.3) is 22.0 Å². The summed E-state index contributed by atoms with van der Waals surface area (Å²) in [6, 6.07) is 26.9. The van der Waals surface area contributed by atoms with Crippen LogP contribution in [0, 0.1) is 6.92 Å². The van der Waals surface area contributed by atoms with Crippen LogP contribution in [-0.2, 0) is 11.2 Å². The number of nitrogens with two attached hydrogens (primary N) is 1. The zero-order valence-corrected chi connectivity index (χ0v) is 21.2. The fraction of sp³-hybridized carbons (Fsp3) is 0.233. The van der Waals surface area contributed by atoms with Crippen molar-refractivity contribution in [2.75, 3.05) is 6.54 Å². The van der Waals surface area contributed by atoms with Crippen molar-refractivity contribution in [1.82, 2.24) is 15.3 Å². The number of nitrogens with zero attached hydrogens (tertiary/aromatic N) is 2. The number of rotatable bonds is 9. The van der Waals surface area contributed by atoms with Gasteiger partial charge in [-0.25, -0.2) is 10.6 Å². The molecule has 0 aliphatic carbocycles. The highest BCUT2D eigenvalue weighted by atomic mass is 16.6. The van der Waals surface area contributed by atoms with Gasteiger partial charge in [-0.2, -0.15) is 0 Å². The molecule has 7 heteroatoms. The molecule has 0 spiro atoms. The number of hydrogen-bond donors (Lipinski definition) is 2. The molecule has 2 amide bonds. The summed E-state index contributed by atoms with van der Waals surface area (Å²) in [5.74, 6) is 6.48. The van der Waals surface area contributed by atoms with E-state index in [4.69, 9.17) is 15.6 Å². The molecular formula is C30H32N4O3. The lowest BCUT2D eigenvalue weighted by Crippen LogP contribution is -2.45. The largest absolute Gasteiger partial charge is 0.412 e. The van der Waals surface area contributed by atoms with Crippen molar-refractivity contribution in [1.29, 1.82) is 0 Å². The molecule has 0 aliphatic heterocycles. The molecule has 1 aromatic heterocycles. The van der Waals surface area contributed by atoms with Gasteiger partial charge in [0.25, 0.3) is 0 Å². The molecule has 190 valence electrons. The van der Waals surface area contributed by atoms with E-state index in [1.54, 1.807) is 24.3 Å². The molecule has 37 heavy (non-hydrogen) atoms. The molecule has 4 rings (SSSR count).